The second kappa shape index (κ2) is 5.48. The Morgan fingerprint density at radius 3 is 2.50 bits per heavy atom. The molecule has 1 aromatic rings. The van der Waals surface area contributed by atoms with Gasteiger partial charge in [-0.2, -0.15) is 13.2 Å². The lowest BCUT2D eigenvalue weighted by Crippen LogP contribution is -2.24. The molecule has 1 rings (SSSR count). The lowest BCUT2D eigenvalue weighted by molar-refractivity contribution is -0.144. The molecule has 0 saturated carbocycles. The first-order valence-electron chi connectivity index (χ1n) is 4.70. The van der Waals surface area contributed by atoms with Gasteiger partial charge < -0.3 is 5.32 Å². The molecular formula is C10H11F3N2O. The molecule has 0 fully saturated rings. The van der Waals surface area contributed by atoms with Crippen LogP contribution < -0.4 is 5.32 Å². The van der Waals surface area contributed by atoms with Gasteiger partial charge in [0.2, 0.25) is 5.91 Å². The van der Waals surface area contributed by atoms with Crippen molar-refractivity contribution in [1.29, 1.82) is 0 Å². The third-order valence-electron chi connectivity index (χ3n) is 1.87. The van der Waals surface area contributed by atoms with Crippen molar-refractivity contribution >= 4 is 5.91 Å². The second-order valence-corrected chi connectivity index (χ2v) is 3.25. The zero-order chi connectivity index (χ0) is 12.0. The Bertz CT molecular complexity index is 338. The number of carbonyl (C=O) groups excluding carboxylic acids is 1. The first-order chi connectivity index (χ1) is 7.47. The highest BCUT2D eigenvalue weighted by atomic mass is 19.4. The normalized spacial score (nSPS) is 11.2. The van der Waals surface area contributed by atoms with Crippen LogP contribution >= 0.6 is 0 Å². The van der Waals surface area contributed by atoms with Crippen LogP contribution in [0.1, 0.15) is 18.4 Å². The number of hydrogen-bond donors (Lipinski definition) is 1. The molecule has 0 bridgehead atoms. The molecule has 0 aliphatic heterocycles. The molecule has 3 nitrogen and oxygen atoms in total. The molecule has 1 amide bonds. The first kappa shape index (κ1) is 12.5. The number of carbonyl (C=O) groups is 1. The third-order valence-corrected chi connectivity index (χ3v) is 1.87. The highest BCUT2D eigenvalue weighted by molar-refractivity contribution is 5.75. The van der Waals surface area contributed by atoms with Gasteiger partial charge in [0, 0.05) is 25.4 Å². The van der Waals surface area contributed by atoms with E-state index in [4.69, 9.17) is 0 Å². The molecule has 16 heavy (non-hydrogen) atoms. The quantitative estimate of drug-likeness (QED) is 0.863. The third kappa shape index (κ3) is 5.33. The maximum Gasteiger partial charge on any atom is 0.389 e. The summed E-state index contributed by atoms with van der Waals surface area (Å²) < 4.78 is 35.4. The number of hydrogen-bond acceptors (Lipinski definition) is 2. The van der Waals surface area contributed by atoms with E-state index in [9.17, 15) is 18.0 Å². The molecule has 0 spiro atoms. The monoisotopic (exact) mass is 232 g/mol. The number of alkyl halides is 3. The molecule has 0 saturated heterocycles. The summed E-state index contributed by atoms with van der Waals surface area (Å²) in [6.45, 7) is 0.221. The summed E-state index contributed by atoms with van der Waals surface area (Å²) in [5.74, 6) is -0.603. The van der Waals surface area contributed by atoms with Crippen molar-refractivity contribution < 1.29 is 18.0 Å². The van der Waals surface area contributed by atoms with Crippen molar-refractivity contribution in [3.8, 4) is 0 Å². The Balaban J connectivity index is 2.26. The summed E-state index contributed by atoms with van der Waals surface area (Å²) in [7, 11) is 0. The average Bonchev–Trinajstić information content (AvgIpc) is 2.24. The molecule has 0 aromatic carbocycles. The topological polar surface area (TPSA) is 42.0 Å². The van der Waals surface area contributed by atoms with Crippen molar-refractivity contribution in [1.82, 2.24) is 10.3 Å². The molecular weight excluding hydrogens is 221 g/mol. The van der Waals surface area contributed by atoms with E-state index in [0.29, 0.717) is 0 Å². The number of pyridine rings is 1. The molecule has 0 aliphatic rings. The average molecular weight is 232 g/mol. The van der Waals surface area contributed by atoms with Gasteiger partial charge in [0.05, 0.1) is 6.42 Å². The van der Waals surface area contributed by atoms with Gasteiger partial charge in [0.15, 0.2) is 0 Å². The van der Waals surface area contributed by atoms with E-state index in [1.165, 1.54) is 0 Å². The molecule has 0 aliphatic carbocycles. The minimum Gasteiger partial charge on any atom is -0.352 e. The molecule has 88 valence electrons. The van der Waals surface area contributed by atoms with Gasteiger partial charge in [-0.15, -0.1) is 0 Å². The van der Waals surface area contributed by atoms with Gasteiger partial charge in [0.1, 0.15) is 0 Å². The van der Waals surface area contributed by atoms with E-state index in [0.717, 1.165) is 5.56 Å². The highest BCUT2D eigenvalue weighted by Gasteiger charge is 2.27. The van der Waals surface area contributed by atoms with Gasteiger partial charge >= 0.3 is 6.18 Å². The number of nitrogens with one attached hydrogen (secondary N) is 1. The molecule has 0 atom stereocenters. The maximum atomic E-state index is 11.8. The van der Waals surface area contributed by atoms with Gasteiger partial charge in [-0.25, -0.2) is 0 Å². The Hall–Kier alpha value is -1.59. The van der Waals surface area contributed by atoms with Crippen LogP contribution in [-0.2, 0) is 11.3 Å². The minimum absolute atomic E-state index is 0.221. The zero-order valence-corrected chi connectivity index (χ0v) is 8.42. The van der Waals surface area contributed by atoms with Gasteiger partial charge in [0.25, 0.3) is 0 Å². The summed E-state index contributed by atoms with van der Waals surface area (Å²) in [5, 5.41) is 2.40. The summed E-state index contributed by atoms with van der Waals surface area (Å²) in [6.07, 6.45) is -2.80. The van der Waals surface area contributed by atoms with Crippen molar-refractivity contribution in [2.45, 2.75) is 25.6 Å². The Morgan fingerprint density at radius 1 is 1.31 bits per heavy atom. The van der Waals surface area contributed by atoms with Crippen LogP contribution in [0, 0.1) is 0 Å². The van der Waals surface area contributed by atoms with Crippen LogP contribution in [0.2, 0.25) is 0 Å². The highest BCUT2D eigenvalue weighted by Crippen LogP contribution is 2.20. The fourth-order valence-corrected chi connectivity index (χ4v) is 1.04. The van der Waals surface area contributed by atoms with Gasteiger partial charge in [-0.05, 0) is 17.7 Å². The summed E-state index contributed by atoms with van der Waals surface area (Å²) in [6, 6.07) is 3.37. The molecule has 0 radical (unpaired) electrons. The minimum atomic E-state index is -4.28. The molecule has 1 N–H and O–H groups in total. The summed E-state index contributed by atoms with van der Waals surface area (Å²) in [5.41, 5.74) is 0.801. The molecule has 6 heteroatoms. The predicted molar refractivity (Wildman–Crippen MR) is 51.4 cm³/mol. The van der Waals surface area contributed by atoms with Crippen LogP contribution in [0.5, 0.6) is 0 Å². The Labute approximate surface area is 90.7 Å². The van der Waals surface area contributed by atoms with Gasteiger partial charge in [-0.3, -0.25) is 9.78 Å². The van der Waals surface area contributed by atoms with Crippen molar-refractivity contribution in [3.63, 3.8) is 0 Å². The van der Waals surface area contributed by atoms with Gasteiger partial charge in [-0.1, -0.05) is 0 Å². The standard InChI is InChI=1S/C10H11F3N2O/c11-10(12,13)4-1-9(16)15-7-8-2-5-14-6-3-8/h2-3,5-6H,1,4,7H2,(H,15,16). The van der Waals surface area contributed by atoms with E-state index in [1.807, 2.05) is 0 Å². The smallest absolute Gasteiger partial charge is 0.352 e. The van der Waals surface area contributed by atoms with Crippen molar-refractivity contribution in [2.75, 3.05) is 0 Å². The number of rotatable bonds is 4. The fourth-order valence-electron chi connectivity index (χ4n) is 1.04. The largest absolute Gasteiger partial charge is 0.389 e. The molecule has 0 unspecified atom stereocenters. The number of amides is 1. The predicted octanol–water partition coefficient (Wildman–Crippen LogP) is 2.04. The van der Waals surface area contributed by atoms with Crippen LogP contribution in [0.15, 0.2) is 24.5 Å². The number of aromatic nitrogens is 1. The van der Waals surface area contributed by atoms with Crippen molar-refractivity contribution in [2.24, 2.45) is 0 Å². The van der Waals surface area contributed by atoms with E-state index in [2.05, 4.69) is 10.3 Å². The Kier molecular flexibility index (Phi) is 4.28. The zero-order valence-electron chi connectivity index (χ0n) is 8.42. The van der Waals surface area contributed by atoms with Crippen LogP contribution in [-0.4, -0.2) is 17.1 Å². The summed E-state index contributed by atoms with van der Waals surface area (Å²) >= 11 is 0. The first-order valence-corrected chi connectivity index (χ1v) is 4.70. The summed E-state index contributed by atoms with van der Waals surface area (Å²) in [4.78, 5) is 14.8. The number of nitrogens with zero attached hydrogens (tertiary/aromatic N) is 1. The molecule has 1 heterocycles. The maximum absolute atomic E-state index is 11.8. The van der Waals surface area contributed by atoms with Crippen LogP contribution in [0.25, 0.3) is 0 Å². The second-order valence-electron chi connectivity index (χ2n) is 3.25. The van der Waals surface area contributed by atoms with Crippen molar-refractivity contribution in [3.05, 3.63) is 30.1 Å². The van der Waals surface area contributed by atoms with E-state index >= 15 is 0 Å². The van der Waals surface area contributed by atoms with Crippen LogP contribution in [0.4, 0.5) is 13.2 Å². The van der Waals surface area contributed by atoms with Crippen LogP contribution in [0.3, 0.4) is 0 Å². The van der Waals surface area contributed by atoms with E-state index in [-0.39, 0.29) is 6.54 Å². The molecule has 1 aromatic heterocycles. The SMILES string of the molecule is O=C(CCC(F)(F)F)NCc1ccncc1. The fraction of sp³-hybridized carbons (Fsp3) is 0.400. The van der Waals surface area contributed by atoms with E-state index < -0.39 is 24.9 Å². The number of halogens is 3. The lowest BCUT2D eigenvalue weighted by Gasteiger charge is -2.07. The van der Waals surface area contributed by atoms with E-state index in [1.54, 1.807) is 24.5 Å². The Morgan fingerprint density at radius 2 is 1.94 bits per heavy atom. The lowest BCUT2D eigenvalue weighted by atomic mass is 10.2.